The number of benzene rings is 1. The van der Waals surface area contributed by atoms with Crippen LogP contribution < -0.4 is 0 Å². The highest BCUT2D eigenvalue weighted by Gasteiger charge is 2.39. The zero-order valence-corrected chi connectivity index (χ0v) is 17.9. The van der Waals surface area contributed by atoms with E-state index in [-0.39, 0.29) is 0 Å². The number of carboxylic acids is 2. The monoisotopic (exact) mass is 472 g/mol. The normalized spacial score (nSPS) is 18.2. The summed E-state index contributed by atoms with van der Waals surface area (Å²) in [7, 11) is 0. The molecule has 4 rings (SSSR count). The number of aromatic nitrogens is 1. The minimum Gasteiger partial charge on any atom is -0.478 e. The van der Waals surface area contributed by atoms with Crippen molar-refractivity contribution < 1.29 is 37.7 Å². The van der Waals surface area contributed by atoms with E-state index in [4.69, 9.17) is 24.7 Å². The van der Waals surface area contributed by atoms with Crippen molar-refractivity contribution in [2.24, 2.45) is 5.41 Å². The van der Waals surface area contributed by atoms with Crippen LogP contribution in [0.15, 0.2) is 29.6 Å². The van der Waals surface area contributed by atoms with Crippen LogP contribution in [0.25, 0.3) is 10.6 Å². The van der Waals surface area contributed by atoms with Crippen LogP contribution in [0.1, 0.15) is 35.3 Å². The lowest BCUT2D eigenvalue weighted by atomic mass is 9.80. The van der Waals surface area contributed by atoms with Crippen LogP contribution in [0.4, 0.5) is 13.2 Å². The molecule has 3 heterocycles. The van der Waals surface area contributed by atoms with E-state index in [1.54, 1.807) is 23.5 Å². The molecule has 0 saturated carbocycles. The van der Waals surface area contributed by atoms with E-state index in [1.807, 2.05) is 12.1 Å². The van der Waals surface area contributed by atoms with Gasteiger partial charge in [0.25, 0.3) is 0 Å². The van der Waals surface area contributed by atoms with E-state index in [0.717, 1.165) is 49.1 Å². The molecule has 7 nitrogen and oxygen atoms in total. The van der Waals surface area contributed by atoms with Gasteiger partial charge in [0.05, 0.1) is 11.3 Å². The molecule has 1 spiro atoms. The molecule has 0 unspecified atom stereocenters. The number of likely N-dealkylation sites (tertiary alicyclic amines) is 1. The van der Waals surface area contributed by atoms with E-state index < -0.39 is 18.1 Å². The van der Waals surface area contributed by atoms with Crippen molar-refractivity contribution >= 4 is 23.3 Å². The summed E-state index contributed by atoms with van der Waals surface area (Å²) in [5.74, 6) is -3.66. The molecule has 0 bridgehead atoms. The van der Waals surface area contributed by atoms with Crippen molar-refractivity contribution in [2.45, 2.75) is 32.0 Å². The summed E-state index contributed by atoms with van der Waals surface area (Å²) in [4.78, 5) is 27.1. The Hall–Kier alpha value is -2.50. The van der Waals surface area contributed by atoms with E-state index in [1.165, 1.54) is 19.3 Å². The van der Waals surface area contributed by atoms with Gasteiger partial charge in [-0.3, -0.25) is 4.90 Å². The smallest absolute Gasteiger partial charge is 0.478 e. The summed E-state index contributed by atoms with van der Waals surface area (Å²) in [6.45, 7) is 4.99. The van der Waals surface area contributed by atoms with Gasteiger partial charge in [0.15, 0.2) is 0 Å². The van der Waals surface area contributed by atoms with Crippen LogP contribution >= 0.6 is 11.3 Å². The van der Waals surface area contributed by atoms with Crippen molar-refractivity contribution in [1.29, 1.82) is 0 Å². The fourth-order valence-electron chi connectivity index (χ4n) is 3.87. The van der Waals surface area contributed by atoms with Crippen LogP contribution in [0.2, 0.25) is 0 Å². The summed E-state index contributed by atoms with van der Waals surface area (Å²) < 4.78 is 37.3. The number of carbonyl (C=O) groups is 2. The molecule has 0 radical (unpaired) electrons. The summed E-state index contributed by atoms with van der Waals surface area (Å²) in [6, 6.07) is 6.93. The molecule has 2 aromatic rings. The van der Waals surface area contributed by atoms with Gasteiger partial charge in [-0.05, 0) is 43.4 Å². The highest BCUT2D eigenvalue weighted by Crippen LogP contribution is 2.40. The molecule has 2 saturated heterocycles. The second-order valence-electron chi connectivity index (χ2n) is 7.90. The molecule has 2 N–H and O–H groups in total. The van der Waals surface area contributed by atoms with Gasteiger partial charge in [-0.15, -0.1) is 11.3 Å². The molecule has 0 aliphatic carbocycles. The van der Waals surface area contributed by atoms with Crippen molar-refractivity contribution in [2.75, 3.05) is 26.3 Å². The Morgan fingerprint density at radius 3 is 2.31 bits per heavy atom. The molecule has 32 heavy (non-hydrogen) atoms. The summed E-state index contributed by atoms with van der Waals surface area (Å²) >= 11 is 1.62. The first-order chi connectivity index (χ1) is 15.1. The molecular weight excluding hydrogens is 449 g/mol. The molecule has 2 aliphatic heterocycles. The van der Waals surface area contributed by atoms with Gasteiger partial charge in [-0.2, -0.15) is 13.2 Å². The van der Waals surface area contributed by atoms with Crippen LogP contribution in [0, 0.1) is 5.41 Å². The van der Waals surface area contributed by atoms with Crippen LogP contribution in [0.5, 0.6) is 0 Å². The van der Waals surface area contributed by atoms with Gasteiger partial charge >= 0.3 is 18.1 Å². The standard InChI is InChI=1S/C19H22N2O3S.C2HF3O2/c22-18(23)15-3-1-14(2-4-15)17-20-16(12-25-17)11-21-8-5-19(13-21)6-9-24-10-7-19;3-2(4,5)1(6)7/h1-4,12H,5-11,13H2,(H,22,23);(H,6,7). The highest BCUT2D eigenvalue weighted by atomic mass is 32.1. The van der Waals surface area contributed by atoms with Gasteiger partial charge in [0.1, 0.15) is 5.01 Å². The Morgan fingerprint density at radius 1 is 1.12 bits per heavy atom. The number of aliphatic carboxylic acids is 1. The first-order valence-electron chi connectivity index (χ1n) is 9.96. The Balaban J connectivity index is 0.000000360. The number of thiazole rings is 1. The molecule has 1 aromatic carbocycles. The number of alkyl halides is 3. The lowest BCUT2D eigenvalue weighted by Gasteiger charge is -2.33. The fourth-order valence-corrected chi connectivity index (χ4v) is 4.69. The molecule has 2 fully saturated rings. The van der Waals surface area contributed by atoms with Gasteiger partial charge in [0, 0.05) is 37.2 Å². The molecule has 0 atom stereocenters. The first kappa shape index (κ1) is 24.1. The van der Waals surface area contributed by atoms with Crippen molar-refractivity contribution in [3.8, 4) is 10.6 Å². The topological polar surface area (TPSA) is 100.0 Å². The zero-order chi connectivity index (χ0) is 23.4. The third-order valence-corrected chi connectivity index (χ3v) is 6.57. The Morgan fingerprint density at radius 2 is 1.75 bits per heavy atom. The number of hydrogen-bond donors (Lipinski definition) is 2. The number of rotatable bonds is 4. The number of ether oxygens (including phenoxy) is 1. The quantitative estimate of drug-likeness (QED) is 0.690. The number of halogens is 3. The van der Waals surface area contributed by atoms with Gasteiger partial charge in [-0.25, -0.2) is 14.6 Å². The second-order valence-corrected chi connectivity index (χ2v) is 8.76. The molecule has 11 heteroatoms. The average molecular weight is 472 g/mol. The molecule has 2 aliphatic rings. The highest BCUT2D eigenvalue weighted by molar-refractivity contribution is 7.13. The summed E-state index contributed by atoms with van der Waals surface area (Å²) in [5.41, 5.74) is 2.85. The summed E-state index contributed by atoms with van der Waals surface area (Å²) in [5, 5.41) is 19.2. The Kier molecular flexibility index (Phi) is 7.52. The number of aromatic carboxylic acids is 1. The maximum atomic E-state index is 10.9. The SMILES string of the molecule is O=C(O)C(F)(F)F.O=C(O)c1ccc(-c2nc(CN3CCC4(CCOCC4)C3)cs2)cc1. The maximum Gasteiger partial charge on any atom is 0.490 e. The zero-order valence-electron chi connectivity index (χ0n) is 17.1. The van der Waals surface area contributed by atoms with Crippen molar-refractivity contribution in [3.05, 3.63) is 40.9 Å². The molecular formula is C21H23F3N2O5S. The van der Waals surface area contributed by atoms with Crippen molar-refractivity contribution in [3.63, 3.8) is 0 Å². The van der Waals surface area contributed by atoms with Crippen LogP contribution in [-0.4, -0.2) is 64.5 Å². The Bertz CT molecular complexity index is 940. The Labute approximate surface area is 186 Å². The average Bonchev–Trinajstić information content (AvgIpc) is 3.36. The van der Waals surface area contributed by atoms with E-state index in [2.05, 4.69) is 10.3 Å². The maximum absolute atomic E-state index is 10.9. The number of carboxylic acid groups (broad SMARTS) is 2. The predicted octanol–water partition coefficient (Wildman–Crippen LogP) is 4.14. The third-order valence-electron chi connectivity index (χ3n) is 5.63. The molecule has 174 valence electrons. The lowest BCUT2D eigenvalue weighted by Crippen LogP contribution is -2.32. The minimum absolute atomic E-state index is 0.305. The van der Waals surface area contributed by atoms with E-state index in [9.17, 15) is 18.0 Å². The van der Waals surface area contributed by atoms with Gasteiger partial charge in [0.2, 0.25) is 0 Å². The van der Waals surface area contributed by atoms with Crippen LogP contribution in [0.3, 0.4) is 0 Å². The van der Waals surface area contributed by atoms with Crippen LogP contribution in [-0.2, 0) is 16.1 Å². The lowest BCUT2D eigenvalue weighted by molar-refractivity contribution is -0.192. The predicted molar refractivity (Wildman–Crippen MR) is 111 cm³/mol. The summed E-state index contributed by atoms with van der Waals surface area (Å²) in [6.07, 6.45) is -1.45. The van der Waals surface area contributed by atoms with E-state index in [0.29, 0.717) is 11.0 Å². The number of nitrogens with zero attached hydrogens (tertiary/aromatic N) is 2. The minimum atomic E-state index is -5.08. The fraction of sp³-hybridized carbons (Fsp3) is 0.476. The van der Waals surface area contributed by atoms with Crippen molar-refractivity contribution in [1.82, 2.24) is 9.88 Å². The van der Waals surface area contributed by atoms with E-state index >= 15 is 0 Å². The van der Waals surface area contributed by atoms with Gasteiger partial charge < -0.3 is 14.9 Å². The molecule has 1 aromatic heterocycles. The number of hydrogen-bond acceptors (Lipinski definition) is 6. The first-order valence-corrected chi connectivity index (χ1v) is 10.8. The molecule has 0 amide bonds. The third kappa shape index (κ3) is 6.27. The van der Waals surface area contributed by atoms with Gasteiger partial charge in [-0.1, -0.05) is 12.1 Å². The second kappa shape index (κ2) is 9.97. The largest absolute Gasteiger partial charge is 0.490 e.